The van der Waals surface area contributed by atoms with Crippen molar-refractivity contribution in [2.75, 3.05) is 13.2 Å². The maximum Gasteiger partial charge on any atom is 0.227 e. The maximum atomic E-state index is 11.7. The summed E-state index contributed by atoms with van der Waals surface area (Å²) in [5, 5.41) is 11.4. The standard InChI is InChI=1S/C10H17N3O2/c1-2-7(3-4-11)13-10(14)8-5-15-6-9(8)12/h7-9H,2-3,5-6,12H2,1H3,(H,13,14). The molecule has 0 radical (unpaired) electrons. The Morgan fingerprint density at radius 2 is 2.47 bits per heavy atom. The lowest BCUT2D eigenvalue weighted by Crippen LogP contribution is -2.44. The van der Waals surface area contributed by atoms with Gasteiger partial charge in [0, 0.05) is 12.1 Å². The second kappa shape index (κ2) is 5.69. The van der Waals surface area contributed by atoms with Gasteiger partial charge in [-0.05, 0) is 6.42 Å². The monoisotopic (exact) mass is 211 g/mol. The lowest BCUT2D eigenvalue weighted by molar-refractivity contribution is -0.125. The number of ether oxygens (including phenoxy) is 1. The normalized spacial score (nSPS) is 27.0. The van der Waals surface area contributed by atoms with Gasteiger partial charge in [0.15, 0.2) is 0 Å². The van der Waals surface area contributed by atoms with E-state index in [1.807, 2.05) is 13.0 Å². The molecule has 0 aliphatic carbocycles. The molecule has 1 heterocycles. The molecule has 1 amide bonds. The number of rotatable bonds is 4. The van der Waals surface area contributed by atoms with E-state index in [-0.39, 0.29) is 23.9 Å². The Kier molecular flexibility index (Phi) is 4.53. The molecule has 15 heavy (non-hydrogen) atoms. The van der Waals surface area contributed by atoms with Gasteiger partial charge in [-0.15, -0.1) is 0 Å². The number of nitriles is 1. The summed E-state index contributed by atoms with van der Waals surface area (Å²) >= 11 is 0. The van der Waals surface area contributed by atoms with E-state index in [0.29, 0.717) is 19.6 Å². The first kappa shape index (κ1) is 12.0. The van der Waals surface area contributed by atoms with Gasteiger partial charge in [0.1, 0.15) is 0 Å². The SMILES string of the molecule is CCC(CC#N)NC(=O)C1COCC1N. The van der Waals surface area contributed by atoms with Crippen molar-refractivity contribution in [3.8, 4) is 6.07 Å². The van der Waals surface area contributed by atoms with Crippen molar-refractivity contribution in [1.29, 1.82) is 5.26 Å². The first-order valence-corrected chi connectivity index (χ1v) is 5.19. The zero-order valence-electron chi connectivity index (χ0n) is 8.90. The fourth-order valence-electron chi connectivity index (χ4n) is 1.56. The van der Waals surface area contributed by atoms with Crippen molar-refractivity contribution in [1.82, 2.24) is 5.32 Å². The Balaban J connectivity index is 2.43. The first-order valence-electron chi connectivity index (χ1n) is 5.19. The summed E-state index contributed by atoms with van der Waals surface area (Å²) in [7, 11) is 0. The molecule has 5 nitrogen and oxygen atoms in total. The zero-order valence-corrected chi connectivity index (χ0v) is 8.90. The minimum atomic E-state index is -0.266. The Labute approximate surface area is 89.6 Å². The van der Waals surface area contributed by atoms with E-state index < -0.39 is 0 Å². The molecular formula is C10H17N3O2. The number of nitrogens with one attached hydrogen (secondary N) is 1. The number of nitrogens with zero attached hydrogens (tertiary/aromatic N) is 1. The average Bonchev–Trinajstić information content (AvgIpc) is 2.63. The third-order valence-electron chi connectivity index (χ3n) is 2.64. The molecule has 84 valence electrons. The topological polar surface area (TPSA) is 88.1 Å². The number of carbonyl (C=O) groups is 1. The highest BCUT2D eigenvalue weighted by atomic mass is 16.5. The van der Waals surface area contributed by atoms with Crippen molar-refractivity contribution in [3.05, 3.63) is 0 Å². The second-order valence-corrected chi connectivity index (χ2v) is 3.78. The largest absolute Gasteiger partial charge is 0.379 e. The molecule has 0 spiro atoms. The van der Waals surface area contributed by atoms with Gasteiger partial charge >= 0.3 is 0 Å². The van der Waals surface area contributed by atoms with Crippen LogP contribution in [0.15, 0.2) is 0 Å². The number of carbonyl (C=O) groups excluding carboxylic acids is 1. The van der Waals surface area contributed by atoms with E-state index >= 15 is 0 Å². The van der Waals surface area contributed by atoms with Crippen molar-refractivity contribution in [2.45, 2.75) is 31.8 Å². The predicted molar refractivity (Wildman–Crippen MR) is 54.7 cm³/mol. The van der Waals surface area contributed by atoms with Crippen LogP contribution in [0.4, 0.5) is 0 Å². The summed E-state index contributed by atoms with van der Waals surface area (Å²) in [6.45, 7) is 2.76. The van der Waals surface area contributed by atoms with Crippen LogP contribution >= 0.6 is 0 Å². The summed E-state index contributed by atoms with van der Waals surface area (Å²) in [5.74, 6) is -0.361. The van der Waals surface area contributed by atoms with Gasteiger partial charge < -0.3 is 15.8 Å². The van der Waals surface area contributed by atoms with Crippen LogP contribution in [-0.2, 0) is 9.53 Å². The fraction of sp³-hybridized carbons (Fsp3) is 0.800. The summed E-state index contributed by atoms with van der Waals surface area (Å²) in [4.78, 5) is 11.7. The summed E-state index contributed by atoms with van der Waals surface area (Å²) in [6.07, 6.45) is 1.09. The Hall–Kier alpha value is -1.12. The van der Waals surface area contributed by atoms with Crippen LogP contribution in [0.2, 0.25) is 0 Å². The highest BCUT2D eigenvalue weighted by molar-refractivity contribution is 5.80. The van der Waals surface area contributed by atoms with Crippen LogP contribution in [0, 0.1) is 17.2 Å². The summed E-state index contributed by atoms with van der Waals surface area (Å²) in [6, 6.07) is 1.76. The van der Waals surface area contributed by atoms with E-state index in [1.54, 1.807) is 0 Å². The molecule has 1 rings (SSSR count). The van der Waals surface area contributed by atoms with Crippen LogP contribution in [0.25, 0.3) is 0 Å². The lowest BCUT2D eigenvalue weighted by Gasteiger charge is -2.18. The third-order valence-corrected chi connectivity index (χ3v) is 2.64. The van der Waals surface area contributed by atoms with Crippen molar-refractivity contribution >= 4 is 5.91 Å². The van der Waals surface area contributed by atoms with Crippen molar-refractivity contribution < 1.29 is 9.53 Å². The van der Waals surface area contributed by atoms with E-state index in [0.717, 1.165) is 6.42 Å². The molecule has 1 aliphatic rings. The molecule has 1 fully saturated rings. The molecule has 0 saturated carbocycles. The number of nitrogens with two attached hydrogens (primary N) is 1. The van der Waals surface area contributed by atoms with E-state index in [1.165, 1.54) is 0 Å². The van der Waals surface area contributed by atoms with Crippen LogP contribution in [0.3, 0.4) is 0 Å². The van der Waals surface area contributed by atoms with Crippen LogP contribution in [0.1, 0.15) is 19.8 Å². The van der Waals surface area contributed by atoms with Crippen molar-refractivity contribution in [2.24, 2.45) is 11.7 Å². The van der Waals surface area contributed by atoms with Crippen molar-refractivity contribution in [3.63, 3.8) is 0 Å². The fourth-order valence-corrected chi connectivity index (χ4v) is 1.56. The van der Waals surface area contributed by atoms with Gasteiger partial charge in [-0.1, -0.05) is 6.92 Å². The second-order valence-electron chi connectivity index (χ2n) is 3.78. The molecule has 0 aromatic heterocycles. The molecule has 3 unspecified atom stereocenters. The van der Waals surface area contributed by atoms with Gasteiger partial charge in [-0.25, -0.2) is 0 Å². The van der Waals surface area contributed by atoms with E-state index in [2.05, 4.69) is 5.32 Å². The average molecular weight is 211 g/mol. The molecule has 3 N–H and O–H groups in total. The molecular weight excluding hydrogens is 194 g/mol. The number of hydrogen-bond acceptors (Lipinski definition) is 4. The van der Waals surface area contributed by atoms with E-state index in [4.69, 9.17) is 15.7 Å². The van der Waals surface area contributed by atoms with Gasteiger partial charge in [-0.3, -0.25) is 4.79 Å². The van der Waals surface area contributed by atoms with E-state index in [9.17, 15) is 4.79 Å². The third kappa shape index (κ3) is 3.18. The predicted octanol–water partition coefficient (Wildman–Crippen LogP) is -0.231. The Bertz CT molecular complexity index is 262. The molecule has 0 aromatic rings. The highest BCUT2D eigenvalue weighted by Gasteiger charge is 2.31. The van der Waals surface area contributed by atoms with Crippen LogP contribution < -0.4 is 11.1 Å². The molecule has 1 saturated heterocycles. The molecule has 0 bridgehead atoms. The zero-order chi connectivity index (χ0) is 11.3. The number of hydrogen-bond donors (Lipinski definition) is 2. The summed E-state index contributed by atoms with van der Waals surface area (Å²) < 4.78 is 5.11. The molecule has 5 heteroatoms. The van der Waals surface area contributed by atoms with Crippen LogP contribution in [-0.4, -0.2) is 31.2 Å². The Morgan fingerprint density at radius 1 is 1.73 bits per heavy atom. The minimum Gasteiger partial charge on any atom is -0.379 e. The molecule has 1 aliphatic heterocycles. The van der Waals surface area contributed by atoms with Gasteiger partial charge in [0.25, 0.3) is 0 Å². The first-order chi connectivity index (χ1) is 7.19. The quantitative estimate of drug-likeness (QED) is 0.672. The number of amides is 1. The highest BCUT2D eigenvalue weighted by Crippen LogP contribution is 2.12. The van der Waals surface area contributed by atoms with Gasteiger partial charge in [-0.2, -0.15) is 5.26 Å². The molecule has 0 aromatic carbocycles. The van der Waals surface area contributed by atoms with Gasteiger partial charge in [0.05, 0.1) is 31.6 Å². The minimum absolute atomic E-state index is 0.0738. The van der Waals surface area contributed by atoms with Crippen LogP contribution in [0.5, 0.6) is 0 Å². The smallest absolute Gasteiger partial charge is 0.227 e. The van der Waals surface area contributed by atoms with Gasteiger partial charge in [0.2, 0.25) is 5.91 Å². The maximum absolute atomic E-state index is 11.7. The summed E-state index contributed by atoms with van der Waals surface area (Å²) in [5.41, 5.74) is 5.72. The lowest BCUT2D eigenvalue weighted by atomic mass is 10.0. The molecule has 3 atom stereocenters. The Morgan fingerprint density at radius 3 is 2.93 bits per heavy atom.